The van der Waals surface area contributed by atoms with Crippen LogP contribution in [-0.4, -0.2) is 39.0 Å². The molecule has 0 spiro atoms. The van der Waals surface area contributed by atoms with E-state index in [9.17, 15) is 8.42 Å². The van der Waals surface area contributed by atoms with Gasteiger partial charge < -0.3 is 10.5 Å². The molecule has 18 heavy (non-hydrogen) atoms. The van der Waals surface area contributed by atoms with E-state index < -0.39 is 10.0 Å². The van der Waals surface area contributed by atoms with Gasteiger partial charge in [0.1, 0.15) is 0 Å². The first-order chi connectivity index (χ1) is 8.45. The number of hydrogen-bond donors (Lipinski definition) is 1. The normalized spacial score (nSPS) is 21.3. The second-order valence-electron chi connectivity index (χ2n) is 4.20. The summed E-state index contributed by atoms with van der Waals surface area (Å²) in [5.74, 6) is 0. The predicted octanol–water partition coefficient (Wildman–Crippen LogP) is 1.44. The maximum absolute atomic E-state index is 12.4. The highest BCUT2D eigenvalue weighted by Crippen LogP contribution is 2.29. The van der Waals surface area contributed by atoms with Gasteiger partial charge in [0.05, 0.1) is 11.0 Å². The zero-order valence-electron chi connectivity index (χ0n) is 9.97. The van der Waals surface area contributed by atoms with Crippen molar-refractivity contribution in [1.29, 1.82) is 0 Å². The highest BCUT2D eigenvalue weighted by Gasteiger charge is 2.33. The van der Waals surface area contributed by atoms with E-state index in [0.29, 0.717) is 23.2 Å². The third kappa shape index (κ3) is 2.54. The molecule has 2 rings (SSSR count). The molecule has 0 amide bonds. The molecule has 2 N–H and O–H groups in total. The number of nitrogen functional groups attached to an aromatic ring is 1. The van der Waals surface area contributed by atoms with Crippen LogP contribution >= 0.6 is 15.9 Å². The molecule has 1 aliphatic rings. The summed E-state index contributed by atoms with van der Waals surface area (Å²) in [6, 6.07) is 4.70. The average molecular weight is 335 g/mol. The van der Waals surface area contributed by atoms with Crippen molar-refractivity contribution in [2.75, 3.05) is 25.9 Å². The van der Waals surface area contributed by atoms with Crippen molar-refractivity contribution in [3.05, 3.63) is 22.7 Å². The molecule has 0 aliphatic carbocycles. The van der Waals surface area contributed by atoms with Crippen molar-refractivity contribution < 1.29 is 13.2 Å². The van der Waals surface area contributed by atoms with E-state index >= 15 is 0 Å². The number of methoxy groups -OCH3 is 1. The van der Waals surface area contributed by atoms with Crippen molar-refractivity contribution in [3.63, 3.8) is 0 Å². The van der Waals surface area contributed by atoms with E-state index in [2.05, 4.69) is 15.9 Å². The fourth-order valence-corrected chi connectivity index (χ4v) is 4.52. The van der Waals surface area contributed by atoms with Gasteiger partial charge in [-0.1, -0.05) is 0 Å². The standard InChI is InChI=1S/C11H15BrN2O3S/c1-17-9-4-5-14(7-9)18(15,16)11-3-2-8(13)6-10(11)12/h2-3,6,9H,4-5,7,13H2,1H3. The second kappa shape index (κ2) is 5.16. The molecule has 1 fully saturated rings. The molecule has 1 atom stereocenters. The third-order valence-electron chi connectivity index (χ3n) is 3.01. The zero-order chi connectivity index (χ0) is 13.3. The maximum Gasteiger partial charge on any atom is 0.244 e. The SMILES string of the molecule is COC1CCN(S(=O)(=O)c2ccc(N)cc2Br)C1. The Hall–Kier alpha value is -0.630. The largest absolute Gasteiger partial charge is 0.399 e. The van der Waals surface area contributed by atoms with Crippen LogP contribution in [-0.2, 0) is 14.8 Å². The van der Waals surface area contributed by atoms with Crippen molar-refractivity contribution in [3.8, 4) is 0 Å². The average Bonchev–Trinajstić information content (AvgIpc) is 2.77. The second-order valence-corrected chi connectivity index (χ2v) is 6.96. The Bertz CT molecular complexity index is 547. The molecule has 1 aromatic rings. The molecule has 1 unspecified atom stereocenters. The molecular weight excluding hydrogens is 320 g/mol. The molecule has 1 aromatic carbocycles. The molecule has 0 aromatic heterocycles. The van der Waals surface area contributed by atoms with Gasteiger partial charge in [0.15, 0.2) is 0 Å². The van der Waals surface area contributed by atoms with Crippen LogP contribution in [0.15, 0.2) is 27.6 Å². The summed E-state index contributed by atoms with van der Waals surface area (Å²) < 4.78 is 32.0. The quantitative estimate of drug-likeness (QED) is 0.849. The number of nitrogens with two attached hydrogens (primary N) is 1. The number of halogens is 1. The van der Waals surface area contributed by atoms with E-state index in [1.807, 2.05) is 0 Å². The van der Waals surface area contributed by atoms with Crippen LogP contribution in [0.2, 0.25) is 0 Å². The zero-order valence-corrected chi connectivity index (χ0v) is 12.4. The fraction of sp³-hybridized carbons (Fsp3) is 0.455. The lowest BCUT2D eigenvalue weighted by Crippen LogP contribution is -2.30. The van der Waals surface area contributed by atoms with Gasteiger partial charge >= 0.3 is 0 Å². The molecular formula is C11H15BrN2O3S. The summed E-state index contributed by atoms with van der Waals surface area (Å²) in [5.41, 5.74) is 6.13. The molecule has 0 bridgehead atoms. The third-order valence-corrected chi connectivity index (χ3v) is 5.86. The summed E-state index contributed by atoms with van der Waals surface area (Å²) in [5, 5.41) is 0. The number of ether oxygens (including phenoxy) is 1. The van der Waals surface area contributed by atoms with Crippen molar-refractivity contribution >= 4 is 31.6 Å². The molecule has 7 heteroatoms. The molecule has 0 saturated carbocycles. The first-order valence-corrected chi connectivity index (χ1v) is 7.76. The fourth-order valence-electron chi connectivity index (χ4n) is 1.97. The van der Waals surface area contributed by atoms with Crippen LogP contribution in [0.5, 0.6) is 0 Å². The van der Waals surface area contributed by atoms with E-state index in [-0.39, 0.29) is 11.0 Å². The highest BCUT2D eigenvalue weighted by atomic mass is 79.9. The molecule has 0 radical (unpaired) electrons. The van der Waals surface area contributed by atoms with Gasteiger partial charge in [-0.25, -0.2) is 8.42 Å². The summed E-state index contributed by atoms with van der Waals surface area (Å²) in [6.07, 6.45) is 0.704. The van der Waals surface area contributed by atoms with Crippen LogP contribution in [0.1, 0.15) is 6.42 Å². The lowest BCUT2D eigenvalue weighted by molar-refractivity contribution is 0.115. The van der Waals surface area contributed by atoms with E-state index in [1.54, 1.807) is 19.2 Å². The minimum Gasteiger partial charge on any atom is -0.399 e. The Morgan fingerprint density at radius 2 is 2.22 bits per heavy atom. The first kappa shape index (κ1) is 13.8. The Labute approximate surface area is 115 Å². The predicted molar refractivity (Wildman–Crippen MR) is 72.7 cm³/mol. The van der Waals surface area contributed by atoms with Crippen LogP contribution in [0.4, 0.5) is 5.69 Å². The molecule has 100 valence electrons. The summed E-state index contributed by atoms with van der Waals surface area (Å²) in [6.45, 7) is 0.882. The molecule has 1 heterocycles. The van der Waals surface area contributed by atoms with Crippen LogP contribution in [0.3, 0.4) is 0 Å². The summed E-state index contributed by atoms with van der Waals surface area (Å²) in [7, 11) is -1.88. The van der Waals surface area contributed by atoms with Gasteiger partial charge in [-0.05, 0) is 40.5 Å². The number of benzene rings is 1. The number of sulfonamides is 1. The van der Waals surface area contributed by atoms with Crippen molar-refractivity contribution in [2.24, 2.45) is 0 Å². The minimum atomic E-state index is -3.48. The summed E-state index contributed by atoms with van der Waals surface area (Å²) in [4.78, 5) is 0.244. The Morgan fingerprint density at radius 3 is 2.78 bits per heavy atom. The lowest BCUT2D eigenvalue weighted by Gasteiger charge is -2.17. The van der Waals surface area contributed by atoms with Crippen LogP contribution in [0, 0.1) is 0 Å². The number of anilines is 1. The summed E-state index contributed by atoms with van der Waals surface area (Å²) >= 11 is 3.25. The smallest absolute Gasteiger partial charge is 0.244 e. The first-order valence-electron chi connectivity index (χ1n) is 5.53. The maximum atomic E-state index is 12.4. The van der Waals surface area contributed by atoms with Gasteiger partial charge in [0.25, 0.3) is 0 Å². The van der Waals surface area contributed by atoms with Crippen LogP contribution < -0.4 is 5.73 Å². The van der Waals surface area contributed by atoms with Crippen LogP contribution in [0.25, 0.3) is 0 Å². The number of hydrogen-bond acceptors (Lipinski definition) is 4. The van der Waals surface area contributed by atoms with Gasteiger partial charge in [-0.3, -0.25) is 0 Å². The van der Waals surface area contributed by atoms with E-state index in [0.717, 1.165) is 6.42 Å². The molecule has 5 nitrogen and oxygen atoms in total. The van der Waals surface area contributed by atoms with E-state index in [4.69, 9.17) is 10.5 Å². The van der Waals surface area contributed by atoms with E-state index in [1.165, 1.54) is 10.4 Å². The van der Waals surface area contributed by atoms with Crippen molar-refractivity contribution in [2.45, 2.75) is 17.4 Å². The molecule has 1 saturated heterocycles. The Balaban J connectivity index is 2.31. The van der Waals surface area contributed by atoms with Gasteiger partial charge in [-0.15, -0.1) is 0 Å². The minimum absolute atomic E-state index is 0.0210. The van der Waals surface area contributed by atoms with Crippen molar-refractivity contribution in [1.82, 2.24) is 4.31 Å². The topological polar surface area (TPSA) is 72.6 Å². The van der Waals surface area contributed by atoms with Gasteiger partial charge in [0.2, 0.25) is 10.0 Å². The molecule has 1 aliphatic heterocycles. The Kier molecular flexibility index (Phi) is 3.96. The number of rotatable bonds is 3. The number of nitrogens with zero attached hydrogens (tertiary/aromatic N) is 1. The van der Waals surface area contributed by atoms with Gasteiger partial charge in [-0.2, -0.15) is 4.31 Å². The lowest BCUT2D eigenvalue weighted by atomic mass is 10.3. The Morgan fingerprint density at radius 1 is 1.50 bits per heavy atom. The highest BCUT2D eigenvalue weighted by molar-refractivity contribution is 9.10. The monoisotopic (exact) mass is 334 g/mol. The van der Waals surface area contributed by atoms with Gasteiger partial charge in [0, 0.05) is 30.4 Å².